The molecule has 1 amide bonds. The second kappa shape index (κ2) is 10.1. The van der Waals surface area contributed by atoms with Gasteiger partial charge in [-0.3, -0.25) is 9.78 Å². The summed E-state index contributed by atoms with van der Waals surface area (Å²) in [5.74, 6) is -1.53. The maximum absolute atomic E-state index is 13.8. The quantitative estimate of drug-likeness (QED) is 0.332. The van der Waals surface area contributed by atoms with Crippen LogP contribution in [0, 0.1) is 5.82 Å². The fourth-order valence-electron chi connectivity index (χ4n) is 3.80. The molecule has 3 rings (SSSR count). The number of pyridine rings is 2. The van der Waals surface area contributed by atoms with Gasteiger partial charge in [0.25, 0.3) is 11.6 Å². The van der Waals surface area contributed by atoms with Gasteiger partial charge in [0.2, 0.25) is 0 Å². The number of nitrogens with one attached hydrogen (secondary N) is 1. The smallest absolute Gasteiger partial charge is 0.376 e. The molecular formula is C25H23F7N3O2+. The molecule has 5 nitrogen and oxygen atoms in total. The summed E-state index contributed by atoms with van der Waals surface area (Å²) >= 11 is 0. The lowest BCUT2D eigenvalue weighted by Gasteiger charge is -2.30. The molecule has 2 N–H and O–H groups in total. The third-order valence-electron chi connectivity index (χ3n) is 5.97. The van der Waals surface area contributed by atoms with Gasteiger partial charge >= 0.3 is 12.4 Å². The first-order chi connectivity index (χ1) is 17.1. The van der Waals surface area contributed by atoms with Crippen LogP contribution in [0.15, 0.2) is 54.9 Å². The van der Waals surface area contributed by atoms with Crippen molar-refractivity contribution in [1.29, 1.82) is 0 Å². The lowest BCUT2D eigenvalue weighted by atomic mass is 9.87. The third-order valence-corrected chi connectivity index (χ3v) is 5.97. The van der Waals surface area contributed by atoms with Crippen molar-refractivity contribution in [2.45, 2.75) is 44.3 Å². The molecule has 12 heteroatoms. The molecule has 3 aromatic rings. The number of amides is 1. The van der Waals surface area contributed by atoms with Crippen LogP contribution in [0.4, 0.5) is 30.7 Å². The van der Waals surface area contributed by atoms with Gasteiger partial charge in [0.1, 0.15) is 12.9 Å². The minimum atomic E-state index is -5.08. The van der Waals surface area contributed by atoms with Crippen LogP contribution >= 0.6 is 0 Å². The fraction of sp³-hybridized carbons (Fsp3) is 0.320. The Morgan fingerprint density at radius 2 is 1.76 bits per heavy atom. The molecule has 2 heterocycles. The molecule has 0 aliphatic rings. The number of hydrogen-bond donors (Lipinski definition) is 2. The molecule has 1 aromatic carbocycles. The molecule has 0 fully saturated rings. The van der Waals surface area contributed by atoms with Gasteiger partial charge < -0.3 is 10.4 Å². The average Bonchev–Trinajstić information content (AvgIpc) is 2.82. The van der Waals surface area contributed by atoms with Crippen molar-refractivity contribution in [3.05, 3.63) is 83.1 Å². The van der Waals surface area contributed by atoms with Crippen molar-refractivity contribution in [3.8, 4) is 11.3 Å². The van der Waals surface area contributed by atoms with Gasteiger partial charge in [0, 0.05) is 22.8 Å². The first-order valence-electron chi connectivity index (χ1n) is 11.0. The van der Waals surface area contributed by atoms with Crippen LogP contribution in [0.25, 0.3) is 11.3 Å². The minimum absolute atomic E-state index is 0.0207. The normalized spacial score (nSPS) is 14.7. The second-order valence-electron chi connectivity index (χ2n) is 8.52. The number of halogens is 7. The van der Waals surface area contributed by atoms with E-state index in [4.69, 9.17) is 0 Å². The van der Waals surface area contributed by atoms with Gasteiger partial charge in [-0.2, -0.15) is 30.9 Å². The zero-order chi connectivity index (χ0) is 27.8. The van der Waals surface area contributed by atoms with Crippen LogP contribution in [0.1, 0.15) is 53.5 Å². The Morgan fingerprint density at radius 1 is 1.08 bits per heavy atom. The largest absolute Gasteiger partial charge is 0.477 e. The summed E-state index contributed by atoms with van der Waals surface area (Å²) < 4.78 is 94.7. The topological polar surface area (TPSA) is 66.1 Å². The van der Waals surface area contributed by atoms with Gasteiger partial charge in [-0.05, 0) is 55.3 Å². The van der Waals surface area contributed by atoms with Gasteiger partial charge in [-0.1, -0.05) is 6.92 Å². The zero-order valence-electron chi connectivity index (χ0n) is 19.9. The first kappa shape index (κ1) is 28.0. The number of rotatable bonds is 6. The average molecular weight is 530 g/mol. The number of carbonyl (C=O) groups excluding carboxylic acids is 1. The second-order valence-corrected chi connectivity index (χ2v) is 8.52. The molecule has 2 atom stereocenters. The Bertz CT molecular complexity index is 1290. The SMILES string of the molecule is CCC(O)(c1cc(C(=O)N[C@H](C)c2ccc(C(F)(F)F)[n+](C)c2)cc(-c2ccc(F)cn2)c1)C(F)(F)F. The van der Waals surface area contributed by atoms with Crippen LogP contribution in [0.3, 0.4) is 0 Å². The van der Waals surface area contributed by atoms with Gasteiger partial charge in [-0.25, -0.2) is 4.39 Å². The molecule has 0 aliphatic carbocycles. The summed E-state index contributed by atoms with van der Waals surface area (Å²) in [6.45, 7) is 2.62. The number of aliphatic hydroxyl groups is 1. The van der Waals surface area contributed by atoms with Crippen LogP contribution in [0.2, 0.25) is 0 Å². The van der Waals surface area contributed by atoms with E-state index in [1.807, 2.05) is 0 Å². The van der Waals surface area contributed by atoms with E-state index in [-0.39, 0.29) is 16.8 Å². The molecule has 2 aromatic heterocycles. The Kier molecular flexibility index (Phi) is 7.64. The van der Waals surface area contributed by atoms with E-state index >= 15 is 0 Å². The third kappa shape index (κ3) is 5.90. The van der Waals surface area contributed by atoms with E-state index in [0.29, 0.717) is 5.56 Å². The predicted molar refractivity (Wildman–Crippen MR) is 118 cm³/mol. The van der Waals surface area contributed by atoms with E-state index in [1.54, 1.807) is 0 Å². The van der Waals surface area contributed by atoms with Crippen molar-refractivity contribution in [2.24, 2.45) is 7.05 Å². The maximum atomic E-state index is 13.8. The molecule has 0 aliphatic heterocycles. The van der Waals surface area contributed by atoms with E-state index in [1.165, 1.54) is 38.4 Å². The van der Waals surface area contributed by atoms with Gasteiger partial charge in [0.05, 0.1) is 17.9 Å². The van der Waals surface area contributed by atoms with Crippen molar-refractivity contribution in [2.75, 3.05) is 0 Å². The molecule has 37 heavy (non-hydrogen) atoms. The lowest BCUT2D eigenvalue weighted by Crippen LogP contribution is -2.42. The molecule has 0 spiro atoms. The van der Waals surface area contributed by atoms with E-state index in [0.717, 1.165) is 42.0 Å². The summed E-state index contributed by atoms with van der Waals surface area (Å²) in [6, 6.07) is 6.58. The van der Waals surface area contributed by atoms with Crippen LogP contribution in [-0.2, 0) is 18.8 Å². The number of aromatic nitrogens is 2. The van der Waals surface area contributed by atoms with Crippen LogP contribution in [0.5, 0.6) is 0 Å². The maximum Gasteiger partial charge on any atom is 0.477 e. The van der Waals surface area contributed by atoms with Crippen molar-refractivity contribution < 1.29 is 45.2 Å². The summed E-state index contributed by atoms with van der Waals surface area (Å²) in [5, 5.41) is 13.0. The van der Waals surface area contributed by atoms with Crippen molar-refractivity contribution >= 4 is 5.91 Å². The monoisotopic (exact) mass is 530 g/mol. The summed E-state index contributed by atoms with van der Waals surface area (Å²) in [4.78, 5) is 16.9. The Balaban J connectivity index is 2.03. The van der Waals surface area contributed by atoms with Gasteiger partial charge in [0.15, 0.2) is 11.8 Å². The lowest BCUT2D eigenvalue weighted by molar-refractivity contribution is -0.691. The number of alkyl halides is 6. The minimum Gasteiger partial charge on any atom is -0.376 e. The Labute approximate surface area is 207 Å². The Morgan fingerprint density at radius 3 is 2.27 bits per heavy atom. The van der Waals surface area contributed by atoms with Crippen LogP contribution < -0.4 is 9.88 Å². The highest BCUT2D eigenvalue weighted by atomic mass is 19.4. The van der Waals surface area contributed by atoms with Crippen molar-refractivity contribution in [1.82, 2.24) is 10.3 Å². The predicted octanol–water partition coefficient (Wildman–Crippen LogP) is 5.38. The zero-order valence-corrected chi connectivity index (χ0v) is 19.9. The Hall–Kier alpha value is -3.54. The fourth-order valence-corrected chi connectivity index (χ4v) is 3.80. The summed E-state index contributed by atoms with van der Waals surface area (Å²) in [5.41, 5.74) is -4.70. The molecule has 0 radical (unpaired) electrons. The van der Waals surface area contributed by atoms with E-state index in [2.05, 4.69) is 10.3 Å². The number of nitrogens with zero attached hydrogens (tertiary/aromatic N) is 2. The van der Waals surface area contributed by atoms with Gasteiger partial charge in [-0.15, -0.1) is 0 Å². The molecule has 198 valence electrons. The number of carbonyl (C=O) groups is 1. The summed E-state index contributed by atoms with van der Waals surface area (Å²) in [6.07, 6.45) is -8.38. The molecule has 0 saturated heterocycles. The highest BCUT2D eigenvalue weighted by Gasteiger charge is 2.53. The highest BCUT2D eigenvalue weighted by Crippen LogP contribution is 2.42. The molecule has 0 saturated carbocycles. The molecular weight excluding hydrogens is 507 g/mol. The standard InChI is InChI=1S/C25H22F7N3O2/c1-4-23(37,25(30,31)32)18-10-16(20-7-6-19(26)12-33-20)9-17(11-18)22(36)34-14(2)15-5-8-21(24(27,28)29)35(3)13-15/h5-14,37H,4H2,1-3H3/p+1/t14-,23?/m1/s1. The molecule has 0 bridgehead atoms. The number of benzene rings is 1. The first-order valence-corrected chi connectivity index (χ1v) is 11.0. The highest BCUT2D eigenvalue weighted by molar-refractivity contribution is 5.96. The summed E-state index contributed by atoms with van der Waals surface area (Å²) in [7, 11) is 1.19. The molecule has 1 unspecified atom stereocenters. The van der Waals surface area contributed by atoms with E-state index < -0.39 is 53.4 Å². The van der Waals surface area contributed by atoms with Crippen LogP contribution in [-0.4, -0.2) is 22.2 Å². The number of hydrogen-bond acceptors (Lipinski definition) is 3. The van der Waals surface area contributed by atoms with E-state index in [9.17, 15) is 40.6 Å². The number of aryl methyl sites for hydroxylation is 1. The van der Waals surface area contributed by atoms with Crippen molar-refractivity contribution in [3.63, 3.8) is 0 Å².